The maximum absolute atomic E-state index is 12.0. The molecule has 1 rings (SSSR count). The van der Waals surface area contributed by atoms with Crippen LogP contribution in [0.5, 0.6) is 0 Å². The molecule has 1 unspecified atom stereocenters. The highest BCUT2D eigenvalue weighted by atomic mass is 32.2. The molecule has 1 aromatic carbocycles. The van der Waals surface area contributed by atoms with Crippen LogP contribution in [0, 0.1) is 0 Å². The second kappa shape index (κ2) is 5.65. The second-order valence-electron chi connectivity index (χ2n) is 4.69. The maximum atomic E-state index is 12.0. The van der Waals surface area contributed by atoms with E-state index in [1.807, 2.05) is 19.1 Å². The highest BCUT2D eigenvalue weighted by Gasteiger charge is 2.17. The standard InChI is InChI=1S/C13H21NO2S/c1-10(2)12-5-7-13(8-6-12)17(15,16)9-11(3)14-4/h5-8,10-11,14H,9H2,1-4H3. The molecule has 0 saturated carbocycles. The molecule has 4 heteroatoms. The van der Waals surface area contributed by atoms with Crippen molar-refractivity contribution in [3.8, 4) is 0 Å². The summed E-state index contributed by atoms with van der Waals surface area (Å²) in [4.78, 5) is 0.406. The zero-order valence-electron chi connectivity index (χ0n) is 10.9. The molecule has 3 nitrogen and oxygen atoms in total. The number of sulfone groups is 1. The van der Waals surface area contributed by atoms with E-state index in [-0.39, 0.29) is 11.8 Å². The van der Waals surface area contributed by atoms with E-state index in [2.05, 4.69) is 19.2 Å². The fraction of sp³-hybridized carbons (Fsp3) is 0.538. The Labute approximate surface area is 104 Å². The van der Waals surface area contributed by atoms with Crippen LogP contribution < -0.4 is 5.32 Å². The number of benzene rings is 1. The normalized spacial score (nSPS) is 13.9. The first-order valence-electron chi connectivity index (χ1n) is 5.87. The minimum Gasteiger partial charge on any atom is -0.316 e. The van der Waals surface area contributed by atoms with Gasteiger partial charge in [-0.3, -0.25) is 0 Å². The van der Waals surface area contributed by atoms with Gasteiger partial charge in [0.2, 0.25) is 0 Å². The van der Waals surface area contributed by atoms with Gasteiger partial charge < -0.3 is 5.32 Å². The van der Waals surface area contributed by atoms with E-state index in [1.165, 1.54) is 0 Å². The molecule has 0 aliphatic carbocycles. The van der Waals surface area contributed by atoms with Crippen molar-refractivity contribution in [2.24, 2.45) is 0 Å². The van der Waals surface area contributed by atoms with E-state index in [1.54, 1.807) is 19.2 Å². The summed E-state index contributed by atoms with van der Waals surface area (Å²) in [6.07, 6.45) is 0. The predicted octanol–water partition coefficient (Wildman–Crippen LogP) is 2.19. The Kier molecular flexibility index (Phi) is 4.71. The van der Waals surface area contributed by atoms with Crippen LogP contribution >= 0.6 is 0 Å². The predicted molar refractivity (Wildman–Crippen MR) is 71.1 cm³/mol. The largest absolute Gasteiger partial charge is 0.316 e. The first-order chi connectivity index (χ1) is 7.86. The Morgan fingerprint density at radius 1 is 1.12 bits per heavy atom. The Balaban J connectivity index is 2.92. The minimum absolute atomic E-state index is 0.0372. The average molecular weight is 255 g/mol. The number of hydrogen-bond donors (Lipinski definition) is 1. The van der Waals surface area contributed by atoms with Gasteiger partial charge in [-0.2, -0.15) is 0 Å². The summed E-state index contributed by atoms with van der Waals surface area (Å²) in [6.45, 7) is 6.04. The topological polar surface area (TPSA) is 46.2 Å². The molecule has 0 heterocycles. The summed E-state index contributed by atoms with van der Waals surface area (Å²) < 4.78 is 24.1. The molecule has 0 aromatic heterocycles. The smallest absolute Gasteiger partial charge is 0.179 e. The molecule has 0 amide bonds. The summed E-state index contributed by atoms with van der Waals surface area (Å²) in [5.74, 6) is 0.549. The minimum atomic E-state index is -3.18. The monoisotopic (exact) mass is 255 g/mol. The summed E-state index contributed by atoms with van der Waals surface area (Å²) in [5, 5.41) is 2.94. The van der Waals surface area contributed by atoms with Crippen molar-refractivity contribution >= 4 is 9.84 Å². The molecule has 0 fully saturated rings. The van der Waals surface area contributed by atoms with Gasteiger partial charge in [0.1, 0.15) is 0 Å². The van der Waals surface area contributed by atoms with Gasteiger partial charge in [-0.05, 0) is 37.6 Å². The van der Waals surface area contributed by atoms with Gasteiger partial charge in [-0.15, -0.1) is 0 Å². The van der Waals surface area contributed by atoms with Crippen molar-refractivity contribution in [3.05, 3.63) is 29.8 Å². The van der Waals surface area contributed by atoms with Crippen LogP contribution in [0.4, 0.5) is 0 Å². The van der Waals surface area contributed by atoms with E-state index in [4.69, 9.17) is 0 Å². The van der Waals surface area contributed by atoms with Crippen molar-refractivity contribution in [2.45, 2.75) is 37.6 Å². The van der Waals surface area contributed by atoms with Crippen molar-refractivity contribution in [2.75, 3.05) is 12.8 Å². The van der Waals surface area contributed by atoms with E-state index in [0.717, 1.165) is 5.56 Å². The summed E-state index contributed by atoms with van der Waals surface area (Å²) in [7, 11) is -1.41. The lowest BCUT2D eigenvalue weighted by Gasteiger charge is -2.12. The van der Waals surface area contributed by atoms with E-state index in [9.17, 15) is 8.42 Å². The highest BCUT2D eigenvalue weighted by Crippen LogP contribution is 2.18. The number of nitrogens with one attached hydrogen (secondary N) is 1. The van der Waals surface area contributed by atoms with E-state index in [0.29, 0.717) is 10.8 Å². The number of rotatable bonds is 5. The SMILES string of the molecule is CNC(C)CS(=O)(=O)c1ccc(C(C)C)cc1. The van der Waals surface area contributed by atoms with Crippen molar-refractivity contribution < 1.29 is 8.42 Å². The van der Waals surface area contributed by atoms with Crippen LogP contribution in [0.3, 0.4) is 0 Å². The maximum Gasteiger partial charge on any atom is 0.179 e. The molecule has 0 saturated heterocycles. The molecular weight excluding hydrogens is 234 g/mol. The lowest BCUT2D eigenvalue weighted by molar-refractivity contribution is 0.578. The van der Waals surface area contributed by atoms with Gasteiger partial charge in [-0.25, -0.2) is 8.42 Å². The van der Waals surface area contributed by atoms with Crippen molar-refractivity contribution in [1.29, 1.82) is 0 Å². The Bertz CT molecular complexity index is 449. The van der Waals surface area contributed by atoms with E-state index < -0.39 is 9.84 Å². The zero-order valence-corrected chi connectivity index (χ0v) is 11.7. The van der Waals surface area contributed by atoms with Crippen LogP contribution in [0.25, 0.3) is 0 Å². The average Bonchev–Trinajstić information content (AvgIpc) is 2.28. The molecule has 17 heavy (non-hydrogen) atoms. The molecule has 96 valence electrons. The first kappa shape index (κ1) is 14.2. The van der Waals surface area contributed by atoms with Crippen LogP contribution in [0.2, 0.25) is 0 Å². The molecule has 0 radical (unpaired) electrons. The fourth-order valence-electron chi connectivity index (χ4n) is 1.57. The van der Waals surface area contributed by atoms with Gasteiger partial charge in [0.25, 0.3) is 0 Å². The van der Waals surface area contributed by atoms with E-state index >= 15 is 0 Å². The third kappa shape index (κ3) is 3.82. The second-order valence-corrected chi connectivity index (χ2v) is 6.73. The lowest BCUT2D eigenvalue weighted by atomic mass is 10.0. The molecule has 1 atom stereocenters. The molecule has 1 aromatic rings. The van der Waals surface area contributed by atoms with Crippen LogP contribution in [-0.4, -0.2) is 27.3 Å². The van der Waals surface area contributed by atoms with Gasteiger partial charge in [0.05, 0.1) is 10.6 Å². The summed E-state index contributed by atoms with van der Waals surface area (Å²) in [6, 6.07) is 7.15. The van der Waals surface area contributed by atoms with Crippen molar-refractivity contribution in [3.63, 3.8) is 0 Å². The van der Waals surface area contributed by atoms with Crippen molar-refractivity contribution in [1.82, 2.24) is 5.32 Å². The Morgan fingerprint density at radius 3 is 2.06 bits per heavy atom. The van der Waals surface area contributed by atoms with Gasteiger partial charge in [0.15, 0.2) is 9.84 Å². The molecule has 0 aliphatic heterocycles. The molecule has 0 bridgehead atoms. The van der Waals surface area contributed by atoms with Gasteiger partial charge in [-0.1, -0.05) is 26.0 Å². The van der Waals surface area contributed by atoms with Crippen LogP contribution in [0.1, 0.15) is 32.3 Å². The Morgan fingerprint density at radius 2 is 1.65 bits per heavy atom. The third-order valence-corrected chi connectivity index (χ3v) is 4.80. The van der Waals surface area contributed by atoms with Crippen LogP contribution in [-0.2, 0) is 9.84 Å². The quantitative estimate of drug-likeness (QED) is 0.877. The third-order valence-electron chi connectivity index (χ3n) is 2.87. The van der Waals surface area contributed by atoms with Gasteiger partial charge >= 0.3 is 0 Å². The summed E-state index contributed by atoms with van der Waals surface area (Å²) in [5.41, 5.74) is 1.16. The Hall–Kier alpha value is -0.870. The molecule has 0 aliphatic rings. The first-order valence-corrected chi connectivity index (χ1v) is 7.52. The lowest BCUT2D eigenvalue weighted by Crippen LogP contribution is -2.29. The number of hydrogen-bond acceptors (Lipinski definition) is 3. The van der Waals surface area contributed by atoms with Crippen LogP contribution in [0.15, 0.2) is 29.2 Å². The zero-order chi connectivity index (χ0) is 13.1. The fourth-order valence-corrected chi connectivity index (χ4v) is 3.14. The highest BCUT2D eigenvalue weighted by molar-refractivity contribution is 7.91. The summed E-state index contributed by atoms with van der Waals surface area (Å²) >= 11 is 0. The molecule has 0 spiro atoms. The molecule has 1 N–H and O–H groups in total. The van der Waals surface area contributed by atoms with Gasteiger partial charge in [0, 0.05) is 6.04 Å². The molecular formula is C13H21NO2S.